The van der Waals surface area contributed by atoms with Crippen LogP contribution in [0.3, 0.4) is 0 Å². The number of hydrazine groups is 1. The Balaban J connectivity index is 1.58. The smallest absolute Gasteiger partial charge is 0.279 e. The molecule has 0 aliphatic rings. The van der Waals surface area contributed by atoms with Crippen molar-refractivity contribution in [2.45, 2.75) is 20.0 Å². The zero-order valence-corrected chi connectivity index (χ0v) is 15.0. The number of fused-ring (bicyclic) bond motifs is 1. The Morgan fingerprint density at radius 2 is 1.70 bits per heavy atom. The molecular weight excluding hydrogens is 347 g/mol. The summed E-state index contributed by atoms with van der Waals surface area (Å²) >= 11 is 0. The molecule has 0 spiro atoms. The first-order chi connectivity index (χ1) is 12.9. The van der Waals surface area contributed by atoms with E-state index in [0.717, 1.165) is 16.8 Å². The second-order valence-corrected chi connectivity index (χ2v) is 6.18. The van der Waals surface area contributed by atoms with E-state index in [0.29, 0.717) is 11.3 Å². The highest BCUT2D eigenvalue weighted by Gasteiger charge is 2.16. The molecule has 6 heteroatoms. The van der Waals surface area contributed by atoms with Gasteiger partial charge in [0.25, 0.3) is 11.8 Å². The van der Waals surface area contributed by atoms with Crippen molar-refractivity contribution in [3.05, 3.63) is 77.6 Å². The van der Waals surface area contributed by atoms with Crippen LogP contribution in [0.5, 0.6) is 5.75 Å². The molecule has 2 amide bonds. The molecule has 1 unspecified atom stereocenters. The van der Waals surface area contributed by atoms with Gasteiger partial charge in [0.05, 0.1) is 0 Å². The lowest BCUT2D eigenvalue weighted by atomic mass is 10.1. The maximum atomic E-state index is 13.5. The Morgan fingerprint density at radius 1 is 0.963 bits per heavy atom. The summed E-state index contributed by atoms with van der Waals surface area (Å²) in [7, 11) is 0. The van der Waals surface area contributed by atoms with Gasteiger partial charge in [-0.3, -0.25) is 20.4 Å². The number of amides is 2. The predicted octanol–water partition coefficient (Wildman–Crippen LogP) is 3.52. The zero-order chi connectivity index (χ0) is 19.4. The molecule has 3 aromatic rings. The number of carbonyl (C=O) groups excluding carboxylic acids is 2. The summed E-state index contributed by atoms with van der Waals surface area (Å²) in [5, 5.41) is 2.07. The molecule has 0 saturated carbocycles. The van der Waals surface area contributed by atoms with Crippen LogP contribution in [0.2, 0.25) is 0 Å². The van der Waals surface area contributed by atoms with Crippen LogP contribution in [0, 0.1) is 12.7 Å². The maximum Gasteiger partial charge on any atom is 0.279 e. The van der Waals surface area contributed by atoms with E-state index >= 15 is 0 Å². The Bertz CT molecular complexity index is 1000. The van der Waals surface area contributed by atoms with Gasteiger partial charge in [0.1, 0.15) is 11.6 Å². The van der Waals surface area contributed by atoms with Crippen molar-refractivity contribution in [2.75, 3.05) is 0 Å². The van der Waals surface area contributed by atoms with Crippen LogP contribution >= 0.6 is 0 Å². The summed E-state index contributed by atoms with van der Waals surface area (Å²) in [5.41, 5.74) is 5.09. The molecule has 0 radical (unpaired) electrons. The van der Waals surface area contributed by atoms with Crippen molar-refractivity contribution < 1.29 is 18.7 Å². The summed E-state index contributed by atoms with van der Waals surface area (Å²) in [4.78, 5) is 24.1. The SMILES string of the molecule is Cc1ccc(C(=O)NNC(=O)C(C)Oc2ccc3ccccc3c2)cc1F. The van der Waals surface area contributed by atoms with Gasteiger partial charge >= 0.3 is 0 Å². The number of rotatable bonds is 4. The summed E-state index contributed by atoms with van der Waals surface area (Å²) in [6, 6.07) is 17.4. The van der Waals surface area contributed by atoms with Crippen molar-refractivity contribution in [2.24, 2.45) is 0 Å². The summed E-state index contributed by atoms with van der Waals surface area (Å²) in [6.45, 7) is 3.17. The van der Waals surface area contributed by atoms with E-state index in [9.17, 15) is 14.0 Å². The minimum Gasteiger partial charge on any atom is -0.481 e. The van der Waals surface area contributed by atoms with Gasteiger partial charge in [-0.1, -0.05) is 36.4 Å². The Morgan fingerprint density at radius 3 is 2.44 bits per heavy atom. The van der Waals surface area contributed by atoms with Crippen LogP contribution in [0.25, 0.3) is 10.8 Å². The number of benzene rings is 3. The quantitative estimate of drug-likeness (QED) is 0.695. The third-order valence-corrected chi connectivity index (χ3v) is 4.14. The molecule has 0 saturated heterocycles. The van der Waals surface area contributed by atoms with Gasteiger partial charge in [0.2, 0.25) is 0 Å². The second kappa shape index (κ2) is 7.86. The molecule has 0 heterocycles. The molecule has 3 rings (SSSR count). The van der Waals surface area contributed by atoms with Crippen LogP contribution in [0.1, 0.15) is 22.8 Å². The molecule has 0 aromatic heterocycles. The molecule has 5 nitrogen and oxygen atoms in total. The van der Waals surface area contributed by atoms with E-state index in [2.05, 4.69) is 10.9 Å². The molecule has 2 N–H and O–H groups in total. The summed E-state index contributed by atoms with van der Waals surface area (Å²) in [6.07, 6.45) is -0.832. The number of hydrogen-bond acceptors (Lipinski definition) is 3. The fourth-order valence-corrected chi connectivity index (χ4v) is 2.52. The Hall–Kier alpha value is -3.41. The van der Waals surface area contributed by atoms with E-state index in [-0.39, 0.29) is 5.56 Å². The van der Waals surface area contributed by atoms with Crippen LogP contribution in [-0.2, 0) is 4.79 Å². The molecule has 0 aliphatic carbocycles. The van der Waals surface area contributed by atoms with Crippen LogP contribution in [0.15, 0.2) is 60.7 Å². The summed E-state index contributed by atoms with van der Waals surface area (Å²) < 4.78 is 19.2. The lowest BCUT2D eigenvalue weighted by Crippen LogP contribution is -2.47. The van der Waals surface area contributed by atoms with Gasteiger partial charge in [-0.25, -0.2) is 4.39 Å². The predicted molar refractivity (Wildman–Crippen MR) is 101 cm³/mol. The van der Waals surface area contributed by atoms with Crippen molar-refractivity contribution in [1.29, 1.82) is 0 Å². The van der Waals surface area contributed by atoms with E-state index in [1.54, 1.807) is 19.9 Å². The number of nitrogens with one attached hydrogen (secondary N) is 2. The normalized spacial score (nSPS) is 11.7. The third-order valence-electron chi connectivity index (χ3n) is 4.14. The summed E-state index contributed by atoms with van der Waals surface area (Å²) in [5.74, 6) is -1.07. The number of ether oxygens (including phenoxy) is 1. The van der Waals surface area contributed by atoms with Gasteiger partial charge in [0.15, 0.2) is 6.10 Å². The first-order valence-corrected chi connectivity index (χ1v) is 8.46. The lowest BCUT2D eigenvalue weighted by Gasteiger charge is -2.15. The van der Waals surface area contributed by atoms with Gasteiger partial charge in [-0.2, -0.15) is 0 Å². The van der Waals surface area contributed by atoms with Crippen molar-refractivity contribution in [3.8, 4) is 5.75 Å². The Kier molecular flexibility index (Phi) is 5.35. The Labute approximate surface area is 156 Å². The highest BCUT2D eigenvalue weighted by Crippen LogP contribution is 2.21. The minimum absolute atomic E-state index is 0.113. The molecule has 0 aliphatic heterocycles. The highest BCUT2D eigenvalue weighted by molar-refractivity contribution is 5.95. The van der Waals surface area contributed by atoms with Gasteiger partial charge < -0.3 is 4.74 Å². The van der Waals surface area contributed by atoms with Crippen molar-refractivity contribution >= 4 is 22.6 Å². The van der Waals surface area contributed by atoms with Crippen LogP contribution in [-0.4, -0.2) is 17.9 Å². The van der Waals surface area contributed by atoms with E-state index in [4.69, 9.17) is 4.74 Å². The molecule has 0 bridgehead atoms. The molecule has 1 atom stereocenters. The first kappa shape index (κ1) is 18.4. The molecule has 138 valence electrons. The van der Waals surface area contributed by atoms with Crippen molar-refractivity contribution in [3.63, 3.8) is 0 Å². The zero-order valence-electron chi connectivity index (χ0n) is 15.0. The van der Waals surface area contributed by atoms with Crippen LogP contribution < -0.4 is 15.6 Å². The van der Waals surface area contributed by atoms with E-state index in [1.807, 2.05) is 36.4 Å². The topological polar surface area (TPSA) is 67.4 Å². The third kappa shape index (κ3) is 4.41. The molecular formula is C21H19FN2O3. The first-order valence-electron chi connectivity index (χ1n) is 8.46. The fraction of sp³-hybridized carbons (Fsp3) is 0.143. The number of aryl methyl sites for hydroxylation is 1. The number of hydrogen-bond donors (Lipinski definition) is 2. The molecule has 3 aromatic carbocycles. The monoisotopic (exact) mass is 366 g/mol. The molecule has 0 fully saturated rings. The average Bonchev–Trinajstić information content (AvgIpc) is 2.67. The highest BCUT2D eigenvalue weighted by atomic mass is 19.1. The standard InChI is InChI=1S/C21H19FN2O3/c1-13-7-8-17(12-19(13)22)21(26)24-23-20(25)14(2)27-18-10-9-15-5-3-4-6-16(15)11-18/h3-12,14H,1-2H3,(H,23,25)(H,24,26). The van der Waals surface area contributed by atoms with Gasteiger partial charge in [-0.15, -0.1) is 0 Å². The fourth-order valence-electron chi connectivity index (χ4n) is 2.52. The van der Waals surface area contributed by atoms with E-state index in [1.165, 1.54) is 12.1 Å². The van der Waals surface area contributed by atoms with Crippen molar-refractivity contribution in [1.82, 2.24) is 10.9 Å². The average molecular weight is 366 g/mol. The van der Waals surface area contributed by atoms with E-state index < -0.39 is 23.7 Å². The lowest BCUT2D eigenvalue weighted by molar-refractivity contribution is -0.128. The number of carbonyl (C=O) groups is 2. The minimum atomic E-state index is -0.832. The second-order valence-electron chi connectivity index (χ2n) is 6.18. The maximum absolute atomic E-state index is 13.5. The molecule has 27 heavy (non-hydrogen) atoms. The van der Waals surface area contributed by atoms with Gasteiger partial charge in [0, 0.05) is 5.56 Å². The van der Waals surface area contributed by atoms with Gasteiger partial charge in [-0.05, 0) is 54.4 Å². The van der Waals surface area contributed by atoms with Crippen LogP contribution in [0.4, 0.5) is 4.39 Å². The largest absolute Gasteiger partial charge is 0.481 e. The number of halogens is 1.